The summed E-state index contributed by atoms with van der Waals surface area (Å²) < 4.78 is 14.2. The zero-order chi connectivity index (χ0) is 47.7. The molecule has 1 aromatic heterocycles. The number of hydrogen-bond donors (Lipinski definition) is 0. The molecule has 0 radical (unpaired) electrons. The Morgan fingerprint density at radius 3 is 1.52 bits per heavy atom. The van der Waals surface area contributed by atoms with Gasteiger partial charge in [0.2, 0.25) is 0 Å². The average molecular weight is 883 g/mol. The Labute approximate surface area is 400 Å². The van der Waals surface area contributed by atoms with E-state index in [1.165, 1.54) is 49.9 Å². The molecule has 340 valence electrons. The highest BCUT2D eigenvalue weighted by Crippen LogP contribution is 2.50. The van der Waals surface area contributed by atoms with Crippen LogP contribution in [0.15, 0.2) is 138 Å². The molecule has 0 bridgehead atoms. The first-order valence-electron chi connectivity index (χ1n) is 24.3. The van der Waals surface area contributed by atoms with Crippen LogP contribution < -0.4 is 30.9 Å². The van der Waals surface area contributed by atoms with Crippen LogP contribution in [0, 0.1) is 0 Å². The summed E-state index contributed by atoms with van der Waals surface area (Å²) in [6.07, 6.45) is 0. The van der Waals surface area contributed by atoms with E-state index in [9.17, 15) is 0 Å². The zero-order valence-electron chi connectivity index (χ0n) is 42.5. The summed E-state index contributed by atoms with van der Waals surface area (Å²) in [6, 6.07) is 50.3. The van der Waals surface area contributed by atoms with E-state index < -0.39 is 0 Å². The number of fused-ring (bicyclic) bond motifs is 7. The fourth-order valence-electron chi connectivity index (χ4n) is 10.1. The molecular weight excluding hydrogens is 816 g/mol. The Kier molecular flexibility index (Phi) is 10.1. The van der Waals surface area contributed by atoms with Gasteiger partial charge in [0, 0.05) is 39.2 Å². The summed E-state index contributed by atoms with van der Waals surface area (Å²) >= 11 is 0. The van der Waals surface area contributed by atoms with Gasteiger partial charge < -0.3 is 19.0 Å². The largest absolute Gasteiger partial charge is 0.458 e. The molecule has 8 aromatic rings. The fourth-order valence-corrected chi connectivity index (χ4v) is 10.1. The molecule has 2 aliphatic rings. The molecule has 0 fully saturated rings. The lowest BCUT2D eigenvalue weighted by atomic mass is 9.33. The molecule has 67 heavy (non-hydrogen) atoms. The Balaban J connectivity index is 1.30. The van der Waals surface area contributed by atoms with Crippen LogP contribution in [0.1, 0.15) is 132 Å². The van der Waals surface area contributed by atoms with Gasteiger partial charge >= 0.3 is 0 Å². The summed E-state index contributed by atoms with van der Waals surface area (Å²) in [7, 11) is 0. The molecule has 0 amide bonds. The van der Waals surface area contributed by atoms with Gasteiger partial charge in [-0.2, -0.15) is 0 Å². The molecule has 0 unspecified atom stereocenters. The third-order valence-corrected chi connectivity index (χ3v) is 14.3. The summed E-state index contributed by atoms with van der Waals surface area (Å²) in [5.74, 6) is 1.86. The molecular formula is C62H67BN2O2. The lowest BCUT2D eigenvalue weighted by Gasteiger charge is -2.42. The Morgan fingerprint density at radius 1 is 0.433 bits per heavy atom. The van der Waals surface area contributed by atoms with Crippen molar-refractivity contribution in [1.29, 1.82) is 0 Å². The number of para-hydroxylation sites is 1. The van der Waals surface area contributed by atoms with E-state index in [4.69, 9.17) is 9.15 Å². The van der Waals surface area contributed by atoms with E-state index in [0.717, 1.165) is 61.9 Å². The topological polar surface area (TPSA) is 28.9 Å². The van der Waals surface area contributed by atoms with Gasteiger partial charge in [0.25, 0.3) is 6.71 Å². The SMILES string of the molecule is CC(C)(C)c1ccc(N(c2ccc(C(C)(C)C)cc2)c2cc(N3c4ccc(C(C)(C)C)cc4B4c5cc(C(C)(C)C)ccc5Oc5cc(C(C)(C)C)cc3c54)cc3c2oc2ccccc23)cc1. The number of hydrogen-bond acceptors (Lipinski definition) is 4. The first kappa shape index (κ1) is 44.6. The maximum atomic E-state index is 7.13. The number of anilines is 6. The highest BCUT2D eigenvalue weighted by Gasteiger charge is 2.44. The minimum absolute atomic E-state index is 0.00920. The molecule has 2 aliphatic heterocycles. The van der Waals surface area contributed by atoms with Gasteiger partial charge in [-0.15, -0.1) is 0 Å². The van der Waals surface area contributed by atoms with Crippen molar-refractivity contribution in [3.8, 4) is 11.5 Å². The zero-order valence-corrected chi connectivity index (χ0v) is 42.5. The molecule has 0 spiro atoms. The molecule has 4 nitrogen and oxygen atoms in total. The second-order valence-corrected chi connectivity index (χ2v) is 24.4. The second-order valence-electron chi connectivity index (χ2n) is 24.4. The minimum atomic E-state index is -0.145. The van der Waals surface area contributed by atoms with E-state index in [0.29, 0.717) is 0 Å². The van der Waals surface area contributed by atoms with Crippen molar-refractivity contribution in [1.82, 2.24) is 0 Å². The maximum Gasteiger partial charge on any atom is 0.256 e. The second kappa shape index (κ2) is 15.2. The van der Waals surface area contributed by atoms with E-state index in [1.54, 1.807) is 0 Å². The van der Waals surface area contributed by atoms with Crippen LogP contribution in [0.3, 0.4) is 0 Å². The normalized spacial score (nSPS) is 14.0. The molecule has 0 saturated heterocycles. The van der Waals surface area contributed by atoms with Crippen molar-refractivity contribution in [3.63, 3.8) is 0 Å². The Morgan fingerprint density at radius 2 is 0.955 bits per heavy atom. The predicted molar refractivity (Wildman–Crippen MR) is 288 cm³/mol. The van der Waals surface area contributed by atoms with Crippen molar-refractivity contribution < 1.29 is 9.15 Å². The van der Waals surface area contributed by atoms with Crippen molar-refractivity contribution in [2.24, 2.45) is 0 Å². The van der Waals surface area contributed by atoms with Crippen LogP contribution in [0.2, 0.25) is 0 Å². The Bertz CT molecular complexity index is 3170. The van der Waals surface area contributed by atoms with E-state index in [1.807, 2.05) is 0 Å². The van der Waals surface area contributed by atoms with Gasteiger partial charge in [0.1, 0.15) is 17.1 Å². The van der Waals surface area contributed by atoms with E-state index >= 15 is 0 Å². The Hall–Kier alpha value is -6.20. The van der Waals surface area contributed by atoms with Gasteiger partial charge in [-0.05, 0) is 138 Å². The summed E-state index contributed by atoms with van der Waals surface area (Å²) in [5.41, 5.74) is 18.1. The lowest BCUT2D eigenvalue weighted by molar-refractivity contribution is 0.482. The van der Waals surface area contributed by atoms with Crippen molar-refractivity contribution in [3.05, 3.63) is 161 Å². The van der Waals surface area contributed by atoms with Crippen LogP contribution in [0.25, 0.3) is 21.9 Å². The maximum absolute atomic E-state index is 7.13. The van der Waals surface area contributed by atoms with Gasteiger partial charge in [0.15, 0.2) is 5.58 Å². The summed E-state index contributed by atoms with van der Waals surface area (Å²) in [6.45, 7) is 34.4. The predicted octanol–water partition coefficient (Wildman–Crippen LogP) is 15.9. The van der Waals surface area contributed by atoms with E-state index in [-0.39, 0.29) is 33.8 Å². The minimum Gasteiger partial charge on any atom is -0.458 e. The van der Waals surface area contributed by atoms with Crippen LogP contribution in [0.4, 0.5) is 34.1 Å². The lowest BCUT2D eigenvalue weighted by Crippen LogP contribution is -2.60. The van der Waals surface area contributed by atoms with Gasteiger partial charge in [0.05, 0.1) is 5.69 Å². The van der Waals surface area contributed by atoms with Gasteiger partial charge in [-0.25, -0.2) is 0 Å². The first-order valence-corrected chi connectivity index (χ1v) is 24.3. The van der Waals surface area contributed by atoms with Crippen LogP contribution in [-0.2, 0) is 27.1 Å². The van der Waals surface area contributed by atoms with Gasteiger partial charge in [-0.3, -0.25) is 0 Å². The highest BCUT2D eigenvalue weighted by molar-refractivity contribution is 6.99. The number of furan rings is 1. The molecule has 5 heteroatoms. The van der Waals surface area contributed by atoms with Crippen molar-refractivity contribution in [2.75, 3.05) is 9.80 Å². The highest BCUT2D eigenvalue weighted by atomic mass is 16.5. The molecule has 0 saturated carbocycles. The standard InChI is InChI=1S/C62H67BN2O2/c1-58(2,3)38-20-26-43(27-21-38)64(44-28-22-39(23-29-44)59(4,5)6)52-37-45(36-47-46-18-16-17-19-53(46)67-57(47)52)65-50-30-24-40(60(7,8)9)32-48(50)63-49-33-41(61(10,11)12)25-31-54(49)66-55-35-42(62(13,14)15)34-51(65)56(55)63/h16-37H,1-15H3. The molecule has 0 atom stereocenters. The smallest absolute Gasteiger partial charge is 0.256 e. The summed E-state index contributed by atoms with van der Waals surface area (Å²) in [4.78, 5) is 4.93. The third-order valence-electron chi connectivity index (χ3n) is 14.3. The van der Waals surface area contributed by atoms with Crippen molar-refractivity contribution >= 4 is 79.2 Å². The summed E-state index contributed by atoms with van der Waals surface area (Å²) in [5, 5.41) is 2.15. The number of rotatable bonds is 4. The van der Waals surface area contributed by atoms with Gasteiger partial charge in [-0.1, -0.05) is 171 Å². The molecule has 0 aliphatic carbocycles. The number of ether oxygens (including phenoxy) is 1. The third kappa shape index (κ3) is 7.73. The van der Waals surface area contributed by atoms with Crippen LogP contribution in [0.5, 0.6) is 11.5 Å². The number of nitrogens with zero attached hydrogens (tertiary/aromatic N) is 2. The average Bonchev–Trinajstić information content (AvgIpc) is 3.63. The van der Waals surface area contributed by atoms with E-state index in [2.05, 4.69) is 247 Å². The van der Waals surface area contributed by atoms with Crippen LogP contribution in [-0.4, -0.2) is 6.71 Å². The van der Waals surface area contributed by atoms with Crippen molar-refractivity contribution in [2.45, 2.75) is 131 Å². The molecule has 0 N–H and O–H groups in total. The molecule has 10 rings (SSSR count). The quantitative estimate of drug-likeness (QED) is 0.165. The molecule has 7 aromatic carbocycles. The fraction of sp³-hybridized carbons (Fsp3) is 0.323. The van der Waals surface area contributed by atoms with Crippen LogP contribution >= 0.6 is 0 Å². The first-order chi connectivity index (χ1) is 31.4. The monoisotopic (exact) mass is 883 g/mol. The molecule has 3 heterocycles. The number of benzene rings is 7.